The number of fused-ring (bicyclic) bond motifs is 1. The quantitative estimate of drug-likeness (QED) is 0.518. The zero-order valence-electron chi connectivity index (χ0n) is 13.2. The summed E-state index contributed by atoms with van der Waals surface area (Å²) >= 11 is 9.79. The highest BCUT2D eigenvalue weighted by atomic mass is 127. The third-order valence-corrected chi connectivity index (χ3v) is 6.74. The standard InChI is InChI=1S/C17H14ClIN4OS/c18-12-4-3-11(10-13(12)19)16(24)22-6-8-23(9-7-22)17-21-14-2-1-5-20-15(14)25-17/h1-5,10H,6-9H2. The van der Waals surface area contributed by atoms with Gasteiger partial charge in [-0.3, -0.25) is 4.79 Å². The smallest absolute Gasteiger partial charge is 0.254 e. The number of hydrogen-bond acceptors (Lipinski definition) is 5. The molecule has 0 unspecified atom stereocenters. The second kappa shape index (κ2) is 7.05. The molecule has 3 aromatic rings. The van der Waals surface area contributed by atoms with Crippen molar-refractivity contribution in [1.29, 1.82) is 0 Å². The van der Waals surface area contributed by atoms with Gasteiger partial charge in [-0.2, -0.15) is 0 Å². The number of nitrogens with zero attached hydrogens (tertiary/aromatic N) is 4. The summed E-state index contributed by atoms with van der Waals surface area (Å²) in [5, 5.41) is 1.65. The maximum Gasteiger partial charge on any atom is 0.254 e. The number of piperazine rings is 1. The molecule has 2 aromatic heterocycles. The molecule has 0 spiro atoms. The average Bonchev–Trinajstić information content (AvgIpc) is 3.08. The number of benzene rings is 1. The number of thiazole rings is 1. The van der Waals surface area contributed by atoms with Gasteiger partial charge < -0.3 is 9.80 Å². The van der Waals surface area contributed by atoms with Gasteiger partial charge in [0.05, 0.1) is 5.02 Å². The van der Waals surface area contributed by atoms with E-state index < -0.39 is 0 Å². The molecular weight excluding hydrogens is 471 g/mol. The topological polar surface area (TPSA) is 49.3 Å². The Hall–Kier alpha value is -1.45. The van der Waals surface area contributed by atoms with Gasteiger partial charge >= 0.3 is 0 Å². The van der Waals surface area contributed by atoms with Crippen LogP contribution in [0.3, 0.4) is 0 Å². The molecule has 0 saturated carbocycles. The Morgan fingerprint density at radius 3 is 2.72 bits per heavy atom. The van der Waals surface area contributed by atoms with E-state index in [1.807, 2.05) is 23.1 Å². The minimum absolute atomic E-state index is 0.0557. The summed E-state index contributed by atoms with van der Waals surface area (Å²) in [5.74, 6) is 0.0557. The number of hydrogen-bond donors (Lipinski definition) is 0. The molecule has 1 amide bonds. The van der Waals surface area contributed by atoms with Crippen molar-refractivity contribution in [2.45, 2.75) is 0 Å². The largest absolute Gasteiger partial charge is 0.344 e. The van der Waals surface area contributed by atoms with E-state index >= 15 is 0 Å². The highest BCUT2D eigenvalue weighted by Gasteiger charge is 2.24. The molecule has 1 fully saturated rings. The number of carbonyl (C=O) groups excluding carboxylic acids is 1. The van der Waals surface area contributed by atoms with Gasteiger partial charge in [0.1, 0.15) is 10.3 Å². The second-order valence-electron chi connectivity index (χ2n) is 5.73. The predicted octanol–water partition coefficient (Wildman–Crippen LogP) is 3.91. The summed E-state index contributed by atoms with van der Waals surface area (Å²) in [6.07, 6.45) is 1.79. The molecular formula is C17H14ClIN4OS. The van der Waals surface area contributed by atoms with Crippen molar-refractivity contribution in [3.8, 4) is 0 Å². The van der Waals surface area contributed by atoms with Gasteiger partial charge in [0.2, 0.25) is 0 Å². The summed E-state index contributed by atoms with van der Waals surface area (Å²) in [5.41, 5.74) is 1.61. The van der Waals surface area contributed by atoms with E-state index in [1.54, 1.807) is 29.7 Å². The first kappa shape index (κ1) is 17.0. The van der Waals surface area contributed by atoms with Gasteiger partial charge in [0.25, 0.3) is 5.91 Å². The summed E-state index contributed by atoms with van der Waals surface area (Å²) in [7, 11) is 0. The molecule has 8 heteroatoms. The van der Waals surface area contributed by atoms with Crippen molar-refractivity contribution in [1.82, 2.24) is 14.9 Å². The highest BCUT2D eigenvalue weighted by molar-refractivity contribution is 14.1. The third-order valence-electron chi connectivity index (χ3n) is 4.16. The first-order valence-corrected chi connectivity index (χ1v) is 10.1. The van der Waals surface area contributed by atoms with Crippen molar-refractivity contribution in [3.63, 3.8) is 0 Å². The number of carbonyl (C=O) groups is 1. The summed E-state index contributed by atoms with van der Waals surface area (Å²) in [6, 6.07) is 9.29. The van der Waals surface area contributed by atoms with Crippen LogP contribution in [0.2, 0.25) is 5.02 Å². The SMILES string of the molecule is O=C(c1ccc(Cl)c(I)c1)N1CCN(c2nc3cccnc3s2)CC1. The Kier molecular flexibility index (Phi) is 4.79. The molecule has 1 aliphatic rings. The fraction of sp³-hybridized carbons (Fsp3) is 0.235. The van der Waals surface area contributed by atoms with Crippen LogP contribution in [0, 0.1) is 3.57 Å². The van der Waals surface area contributed by atoms with Crippen LogP contribution in [0.4, 0.5) is 5.13 Å². The van der Waals surface area contributed by atoms with Crippen molar-refractivity contribution in [2.75, 3.05) is 31.1 Å². The zero-order chi connectivity index (χ0) is 17.4. The molecule has 0 atom stereocenters. The lowest BCUT2D eigenvalue weighted by Crippen LogP contribution is -2.48. The molecule has 1 saturated heterocycles. The van der Waals surface area contributed by atoms with E-state index in [9.17, 15) is 4.79 Å². The van der Waals surface area contributed by atoms with E-state index in [2.05, 4.69) is 37.5 Å². The summed E-state index contributed by atoms with van der Waals surface area (Å²) < 4.78 is 0.894. The molecule has 0 N–H and O–H groups in total. The minimum atomic E-state index is 0.0557. The molecule has 5 nitrogen and oxygen atoms in total. The highest BCUT2D eigenvalue weighted by Crippen LogP contribution is 2.28. The number of aromatic nitrogens is 2. The van der Waals surface area contributed by atoms with Gasteiger partial charge in [-0.15, -0.1) is 0 Å². The Balaban J connectivity index is 1.45. The van der Waals surface area contributed by atoms with E-state index in [1.165, 1.54) is 0 Å². The summed E-state index contributed by atoms with van der Waals surface area (Å²) in [4.78, 5) is 26.7. The van der Waals surface area contributed by atoms with Crippen LogP contribution in [-0.4, -0.2) is 47.0 Å². The molecule has 25 heavy (non-hydrogen) atoms. The molecule has 3 heterocycles. The van der Waals surface area contributed by atoms with Crippen LogP contribution < -0.4 is 4.90 Å². The van der Waals surface area contributed by atoms with E-state index in [0.717, 1.165) is 32.1 Å². The monoisotopic (exact) mass is 484 g/mol. The first-order valence-electron chi connectivity index (χ1n) is 7.82. The van der Waals surface area contributed by atoms with Crippen LogP contribution in [0.25, 0.3) is 10.3 Å². The van der Waals surface area contributed by atoms with Crippen molar-refractivity contribution >= 4 is 66.9 Å². The van der Waals surface area contributed by atoms with Crippen LogP contribution in [-0.2, 0) is 0 Å². The molecule has 1 aliphatic heterocycles. The van der Waals surface area contributed by atoms with Crippen molar-refractivity contribution in [2.24, 2.45) is 0 Å². The van der Waals surface area contributed by atoms with Gasteiger partial charge in [0, 0.05) is 41.5 Å². The fourth-order valence-electron chi connectivity index (χ4n) is 2.81. The molecule has 0 bridgehead atoms. The Morgan fingerprint density at radius 2 is 2.00 bits per heavy atom. The Labute approximate surface area is 167 Å². The van der Waals surface area contributed by atoms with Gasteiger partial charge in [-0.05, 0) is 52.9 Å². The molecule has 4 rings (SSSR count). The number of rotatable bonds is 2. The number of anilines is 1. The number of amides is 1. The van der Waals surface area contributed by atoms with Gasteiger partial charge in [0.15, 0.2) is 5.13 Å². The molecule has 128 valence electrons. The van der Waals surface area contributed by atoms with Crippen LogP contribution in [0.15, 0.2) is 36.5 Å². The second-order valence-corrected chi connectivity index (χ2v) is 8.26. The lowest BCUT2D eigenvalue weighted by atomic mass is 10.2. The first-order chi connectivity index (χ1) is 12.1. The normalized spacial score (nSPS) is 15.0. The number of pyridine rings is 1. The van der Waals surface area contributed by atoms with E-state index in [-0.39, 0.29) is 5.91 Å². The van der Waals surface area contributed by atoms with Gasteiger partial charge in [-0.25, -0.2) is 9.97 Å². The van der Waals surface area contributed by atoms with Crippen LogP contribution in [0.1, 0.15) is 10.4 Å². The Bertz CT molecular complexity index is 906. The van der Waals surface area contributed by atoms with E-state index in [0.29, 0.717) is 23.7 Å². The maximum absolute atomic E-state index is 12.7. The van der Waals surface area contributed by atoms with Gasteiger partial charge in [-0.1, -0.05) is 22.9 Å². The van der Waals surface area contributed by atoms with Crippen LogP contribution in [0.5, 0.6) is 0 Å². The minimum Gasteiger partial charge on any atom is -0.344 e. The lowest BCUT2D eigenvalue weighted by molar-refractivity contribution is 0.0746. The van der Waals surface area contributed by atoms with Crippen LogP contribution >= 0.6 is 45.5 Å². The molecule has 0 aliphatic carbocycles. The maximum atomic E-state index is 12.7. The van der Waals surface area contributed by atoms with Crippen molar-refractivity contribution in [3.05, 3.63) is 50.7 Å². The Morgan fingerprint density at radius 1 is 1.20 bits per heavy atom. The predicted molar refractivity (Wildman–Crippen MR) is 110 cm³/mol. The average molecular weight is 485 g/mol. The lowest BCUT2D eigenvalue weighted by Gasteiger charge is -2.34. The van der Waals surface area contributed by atoms with Crippen molar-refractivity contribution < 1.29 is 4.79 Å². The summed E-state index contributed by atoms with van der Waals surface area (Å²) in [6.45, 7) is 2.91. The van der Waals surface area contributed by atoms with E-state index in [4.69, 9.17) is 11.6 Å². The third kappa shape index (κ3) is 3.45. The zero-order valence-corrected chi connectivity index (χ0v) is 16.9. The molecule has 1 aromatic carbocycles. The molecule has 0 radical (unpaired) electrons. The fourth-order valence-corrected chi connectivity index (χ4v) is 4.40. The number of halogens is 2.